The summed E-state index contributed by atoms with van der Waals surface area (Å²) in [6, 6.07) is 0.243. The van der Waals surface area contributed by atoms with Crippen LogP contribution in [-0.2, 0) is 11.3 Å². The second-order valence-corrected chi connectivity index (χ2v) is 8.60. The molecule has 0 aliphatic carbocycles. The molecule has 2 N–H and O–H groups in total. The number of likely N-dealkylation sites (tertiary alicyclic amines) is 2. The van der Waals surface area contributed by atoms with E-state index in [2.05, 4.69) is 15.3 Å². The Bertz CT molecular complexity index is 726. The maximum Gasteiger partial charge on any atom is 0.257 e. The number of aromatic nitrogens is 2. The van der Waals surface area contributed by atoms with Crippen molar-refractivity contribution in [3.8, 4) is 0 Å². The fourth-order valence-corrected chi connectivity index (χ4v) is 4.54. The number of aliphatic hydroxyl groups is 1. The van der Waals surface area contributed by atoms with Crippen LogP contribution in [0, 0.1) is 6.92 Å². The van der Waals surface area contributed by atoms with E-state index in [-0.39, 0.29) is 17.9 Å². The molecule has 8 nitrogen and oxygen atoms in total. The number of aryl methyl sites for hydroxylation is 2. The Hall–Kier alpha value is -1.93. The van der Waals surface area contributed by atoms with Gasteiger partial charge in [0.25, 0.3) is 5.91 Å². The topological polar surface area (TPSA) is 90.7 Å². The van der Waals surface area contributed by atoms with E-state index in [1.54, 1.807) is 11.6 Å². The van der Waals surface area contributed by atoms with E-state index in [0.29, 0.717) is 38.0 Å². The van der Waals surface area contributed by atoms with Crippen LogP contribution in [0.15, 0.2) is 6.20 Å². The molecule has 3 heterocycles. The third-order valence-electron chi connectivity index (χ3n) is 6.22. The first kappa shape index (κ1) is 21.8. The molecule has 1 aromatic rings. The molecule has 0 aromatic carbocycles. The van der Waals surface area contributed by atoms with Crippen molar-refractivity contribution in [2.75, 3.05) is 32.7 Å². The second kappa shape index (κ2) is 9.26. The number of hydrogen-bond acceptors (Lipinski definition) is 5. The van der Waals surface area contributed by atoms with Crippen LogP contribution in [0.5, 0.6) is 0 Å². The zero-order chi connectivity index (χ0) is 21.0. The molecule has 2 aliphatic heterocycles. The molecule has 2 aliphatic rings. The maximum atomic E-state index is 13.0. The molecule has 1 aromatic heterocycles. The van der Waals surface area contributed by atoms with Crippen molar-refractivity contribution >= 4 is 11.8 Å². The van der Waals surface area contributed by atoms with E-state index in [0.717, 1.165) is 44.6 Å². The van der Waals surface area contributed by atoms with E-state index in [9.17, 15) is 14.7 Å². The quantitative estimate of drug-likeness (QED) is 0.767. The number of carbonyl (C=O) groups excluding carboxylic acids is 2. The van der Waals surface area contributed by atoms with Crippen LogP contribution >= 0.6 is 0 Å². The predicted octanol–water partition coefficient (Wildman–Crippen LogP) is 1.17. The average molecular weight is 406 g/mol. The molecule has 0 bridgehead atoms. The van der Waals surface area contributed by atoms with Crippen molar-refractivity contribution < 1.29 is 14.7 Å². The van der Waals surface area contributed by atoms with Crippen LogP contribution in [0.4, 0.5) is 0 Å². The van der Waals surface area contributed by atoms with E-state index in [1.165, 1.54) is 0 Å². The molecule has 1 atom stereocenters. The number of amides is 2. The molecule has 29 heavy (non-hydrogen) atoms. The molecule has 8 heteroatoms. The monoisotopic (exact) mass is 405 g/mol. The minimum Gasteiger partial charge on any atom is -0.388 e. The van der Waals surface area contributed by atoms with Gasteiger partial charge in [0.15, 0.2) is 0 Å². The van der Waals surface area contributed by atoms with E-state index < -0.39 is 5.60 Å². The Morgan fingerprint density at radius 2 is 1.97 bits per heavy atom. The molecule has 2 fully saturated rings. The standard InChI is InChI=1S/C21H35N5O3/c1-4-26-14-19(16(2)23-26)20(28)25-10-5-8-21(29,9-13-25)15-24-11-6-18(7-12-24)22-17(3)27/h14,18,29H,4-13,15H2,1-3H3,(H,22,27). The zero-order valence-corrected chi connectivity index (χ0v) is 18.0. The molecule has 162 valence electrons. The van der Waals surface area contributed by atoms with Gasteiger partial charge in [-0.1, -0.05) is 0 Å². The molecule has 0 spiro atoms. The smallest absolute Gasteiger partial charge is 0.257 e. The van der Waals surface area contributed by atoms with Gasteiger partial charge in [-0.25, -0.2) is 0 Å². The lowest BCUT2D eigenvalue weighted by atomic mass is 9.93. The molecule has 1 unspecified atom stereocenters. The molecule has 0 saturated carbocycles. The van der Waals surface area contributed by atoms with Crippen LogP contribution in [-0.4, -0.2) is 80.9 Å². The van der Waals surface area contributed by atoms with Gasteiger partial charge < -0.3 is 20.2 Å². The van der Waals surface area contributed by atoms with Crippen LogP contribution < -0.4 is 5.32 Å². The van der Waals surface area contributed by atoms with E-state index >= 15 is 0 Å². The highest BCUT2D eigenvalue weighted by Gasteiger charge is 2.35. The van der Waals surface area contributed by atoms with Gasteiger partial charge in [-0.2, -0.15) is 5.10 Å². The SMILES string of the molecule is CCn1cc(C(=O)N2CCCC(O)(CN3CCC(NC(C)=O)CC3)CC2)c(C)n1. The van der Waals surface area contributed by atoms with Gasteiger partial charge in [0.2, 0.25) is 5.91 Å². The fourth-order valence-electron chi connectivity index (χ4n) is 4.54. The lowest BCUT2D eigenvalue weighted by molar-refractivity contribution is -0.120. The average Bonchev–Trinajstić information content (AvgIpc) is 2.95. The summed E-state index contributed by atoms with van der Waals surface area (Å²) in [5.74, 6) is 0.0397. The van der Waals surface area contributed by atoms with Gasteiger partial charge in [-0.15, -0.1) is 0 Å². The van der Waals surface area contributed by atoms with Gasteiger partial charge in [0.05, 0.1) is 16.9 Å². The highest BCUT2D eigenvalue weighted by atomic mass is 16.3. The van der Waals surface area contributed by atoms with E-state index in [4.69, 9.17) is 0 Å². The molecule has 3 rings (SSSR count). The third kappa shape index (κ3) is 5.57. The molecule has 0 radical (unpaired) electrons. The number of hydrogen-bond donors (Lipinski definition) is 2. The van der Waals surface area contributed by atoms with E-state index in [1.807, 2.05) is 24.9 Å². The first-order chi connectivity index (χ1) is 13.8. The summed E-state index contributed by atoms with van der Waals surface area (Å²) >= 11 is 0. The van der Waals surface area contributed by atoms with Crippen molar-refractivity contribution in [3.63, 3.8) is 0 Å². The van der Waals surface area contributed by atoms with Gasteiger partial charge in [-0.3, -0.25) is 14.3 Å². The lowest BCUT2D eigenvalue weighted by Crippen LogP contribution is -2.50. The molecular formula is C21H35N5O3. The third-order valence-corrected chi connectivity index (χ3v) is 6.22. The number of nitrogens with one attached hydrogen (secondary N) is 1. The van der Waals surface area contributed by atoms with Crippen LogP contribution in [0.3, 0.4) is 0 Å². The Morgan fingerprint density at radius 3 is 2.59 bits per heavy atom. The number of nitrogens with zero attached hydrogens (tertiary/aromatic N) is 4. The highest BCUT2D eigenvalue weighted by molar-refractivity contribution is 5.95. The molecule has 2 saturated heterocycles. The first-order valence-corrected chi connectivity index (χ1v) is 10.8. The van der Waals surface area contributed by atoms with Crippen LogP contribution in [0.25, 0.3) is 0 Å². The lowest BCUT2D eigenvalue weighted by Gasteiger charge is -2.38. The van der Waals surface area contributed by atoms with Crippen molar-refractivity contribution in [3.05, 3.63) is 17.5 Å². The van der Waals surface area contributed by atoms with Crippen molar-refractivity contribution in [2.24, 2.45) is 0 Å². The summed E-state index contributed by atoms with van der Waals surface area (Å²) in [6.07, 6.45) is 5.75. The Morgan fingerprint density at radius 1 is 1.24 bits per heavy atom. The van der Waals surface area contributed by atoms with Gasteiger partial charge in [0.1, 0.15) is 0 Å². The summed E-state index contributed by atoms with van der Waals surface area (Å²) in [5.41, 5.74) is 0.661. The zero-order valence-electron chi connectivity index (χ0n) is 18.0. The summed E-state index contributed by atoms with van der Waals surface area (Å²) in [5, 5.41) is 18.6. The normalized spacial score (nSPS) is 24.3. The van der Waals surface area contributed by atoms with Crippen molar-refractivity contribution in [1.82, 2.24) is 24.9 Å². The Balaban J connectivity index is 1.54. The summed E-state index contributed by atoms with van der Waals surface area (Å²) in [7, 11) is 0. The summed E-state index contributed by atoms with van der Waals surface area (Å²) in [6.45, 7) is 9.81. The minimum absolute atomic E-state index is 0.0163. The minimum atomic E-state index is -0.765. The molecular weight excluding hydrogens is 370 g/mol. The second-order valence-electron chi connectivity index (χ2n) is 8.60. The largest absolute Gasteiger partial charge is 0.388 e. The number of β-amino-alcohol motifs (C(OH)–C–C–N with tert-alkyl or cyclic N) is 1. The van der Waals surface area contributed by atoms with Crippen molar-refractivity contribution in [1.29, 1.82) is 0 Å². The first-order valence-electron chi connectivity index (χ1n) is 10.8. The van der Waals surface area contributed by atoms with Crippen LogP contribution in [0.2, 0.25) is 0 Å². The maximum absolute atomic E-state index is 13.0. The van der Waals surface area contributed by atoms with Gasteiger partial charge >= 0.3 is 0 Å². The number of rotatable bonds is 5. The predicted molar refractivity (Wildman–Crippen MR) is 111 cm³/mol. The number of piperidine rings is 1. The summed E-state index contributed by atoms with van der Waals surface area (Å²) in [4.78, 5) is 28.4. The van der Waals surface area contributed by atoms with Gasteiger partial charge in [0, 0.05) is 58.4 Å². The Kier molecular flexibility index (Phi) is 6.95. The van der Waals surface area contributed by atoms with Crippen molar-refractivity contribution in [2.45, 2.75) is 71.1 Å². The Labute approximate surface area is 173 Å². The number of carbonyl (C=O) groups is 2. The molecule has 2 amide bonds. The fraction of sp³-hybridized carbons (Fsp3) is 0.762. The van der Waals surface area contributed by atoms with Gasteiger partial charge in [-0.05, 0) is 46.0 Å². The summed E-state index contributed by atoms with van der Waals surface area (Å²) < 4.78 is 1.79. The highest BCUT2D eigenvalue weighted by Crippen LogP contribution is 2.26. The van der Waals surface area contributed by atoms with Crippen LogP contribution in [0.1, 0.15) is 62.0 Å².